The lowest BCUT2D eigenvalue weighted by atomic mass is 10.0. The molecule has 0 aliphatic carbocycles. The molecule has 3 heteroatoms. The molecule has 0 aromatic heterocycles. The quantitative estimate of drug-likeness (QED) is 0.793. The molecule has 0 bridgehead atoms. The molecule has 1 nitrogen and oxygen atoms in total. The molecule has 1 aromatic rings. The zero-order valence-corrected chi connectivity index (χ0v) is 11.4. The summed E-state index contributed by atoms with van der Waals surface area (Å²) in [6.07, 6.45) is 2.45. The summed E-state index contributed by atoms with van der Waals surface area (Å²) >= 11 is 11.8. The van der Waals surface area contributed by atoms with E-state index in [1.165, 1.54) is 18.4 Å². The lowest BCUT2D eigenvalue weighted by Crippen LogP contribution is -2.21. The van der Waals surface area contributed by atoms with Crippen molar-refractivity contribution in [3.8, 4) is 0 Å². The van der Waals surface area contributed by atoms with Crippen LogP contribution < -0.4 is 5.32 Å². The summed E-state index contributed by atoms with van der Waals surface area (Å²) in [5, 5.41) is 4.69. The number of halogens is 2. The fraction of sp³-hybridized carbons (Fsp3) is 0.538. The van der Waals surface area contributed by atoms with Crippen LogP contribution in [0.5, 0.6) is 0 Å². The number of rotatable bonds is 6. The largest absolute Gasteiger partial charge is 0.312 e. The van der Waals surface area contributed by atoms with Gasteiger partial charge in [-0.1, -0.05) is 56.0 Å². The van der Waals surface area contributed by atoms with Crippen LogP contribution in [0.15, 0.2) is 18.2 Å². The Bertz CT molecular complexity index is 322. The normalized spacial score (nSPS) is 11.1. The van der Waals surface area contributed by atoms with Crippen LogP contribution in [0.3, 0.4) is 0 Å². The average molecular weight is 260 g/mol. The Morgan fingerprint density at radius 1 is 1.12 bits per heavy atom. The van der Waals surface area contributed by atoms with E-state index >= 15 is 0 Å². The fourth-order valence-electron chi connectivity index (χ4n) is 1.65. The maximum absolute atomic E-state index is 5.95. The van der Waals surface area contributed by atoms with Crippen LogP contribution in [0.25, 0.3) is 0 Å². The van der Waals surface area contributed by atoms with Gasteiger partial charge >= 0.3 is 0 Å². The Kier molecular flexibility index (Phi) is 6.18. The van der Waals surface area contributed by atoms with E-state index in [4.69, 9.17) is 23.2 Å². The van der Waals surface area contributed by atoms with Gasteiger partial charge in [0.1, 0.15) is 0 Å². The van der Waals surface area contributed by atoms with Gasteiger partial charge in [-0.05, 0) is 30.2 Å². The minimum atomic E-state index is 0.616. The summed E-state index contributed by atoms with van der Waals surface area (Å²) in [7, 11) is 0. The molecule has 0 heterocycles. The third-order valence-electron chi connectivity index (χ3n) is 2.90. The molecule has 0 spiro atoms. The monoisotopic (exact) mass is 259 g/mol. The average Bonchev–Trinajstić information content (AvgIpc) is 2.29. The molecular weight excluding hydrogens is 241 g/mol. The van der Waals surface area contributed by atoms with Gasteiger partial charge in [-0.25, -0.2) is 0 Å². The molecule has 1 rings (SSSR count). The molecule has 0 amide bonds. The zero-order chi connectivity index (χ0) is 12.0. The number of benzene rings is 1. The highest BCUT2D eigenvalue weighted by atomic mass is 35.5. The van der Waals surface area contributed by atoms with Gasteiger partial charge in [0, 0.05) is 6.54 Å². The topological polar surface area (TPSA) is 12.0 Å². The van der Waals surface area contributed by atoms with Crippen molar-refractivity contribution in [3.05, 3.63) is 33.8 Å². The van der Waals surface area contributed by atoms with Crippen LogP contribution in [0.1, 0.15) is 32.3 Å². The molecule has 0 fully saturated rings. The Balaban J connectivity index is 2.40. The molecule has 0 aliphatic heterocycles. The second-order valence-corrected chi connectivity index (χ2v) is 4.88. The van der Waals surface area contributed by atoms with Crippen molar-refractivity contribution in [3.63, 3.8) is 0 Å². The maximum Gasteiger partial charge on any atom is 0.0595 e. The Hall–Kier alpha value is -0.240. The molecule has 0 saturated carbocycles. The smallest absolute Gasteiger partial charge is 0.0595 e. The number of hydrogen-bond acceptors (Lipinski definition) is 1. The van der Waals surface area contributed by atoms with E-state index in [0.717, 1.165) is 19.0 Å². The minimum absolute atomic E-state index is 0.616. The van der Waals surface area contributed by atoms with E-state index in [1.807, 2.05) is 18.2 Å². The van der Waals surface area contributed by atoms with E-state index in [-0.39, 0.29) is 0 Å². The molecule has 0 saturated heterocycles. The minimum Gasteiger partial charge on any atom is -0.312 e. The summed E-state index contributed by atoms with van der Waals surface area (Å²) in [6, 6.07) is 5.77. The third-order valence-corrected chi connectivity index (χ3v) is 3.64. The van der Waals surface area contributed by atoms with Crippen LogP contribution >= 0.6 is 23.2 Å². The van der Waals surface area contributed by atoms with Gasteiger partial charge in [-0.15, -0.1) is 0 Å². The molecule has 90 valence electrons. The summed E-state index contributed by atoms with van der Waals surface area (Å²) in [5.74, 6) is 0.766. The van der Waals surface area contributed by atoms with Gasteiger partial charge in [0.15, 0.2) is 0 Å². The SMILES string of the molecule is CCC(CC)CNCc1ccc(Cl)c(Cl)c1. The third kappa shape index (κ3) is 4.32. The summed E-state index contributed by atoms with van der Waals surface area (Å²) in [4.78, 5) is 0. The van der Waals surface area contributed by atoms with Crippen LogP contribution in [-0.2, 0) is 6.54 Å². The van der Waals surface area contributed by atoms with Crippen molar-refractivity contribution in [1.82, 2.24) is 5.32 Å². The van der Waals surface area contributed by atoms with E-state index in [1.54, 1.807) is 0 Å². The Morgan fingerprint density at radius 2 is 1.81 bits per heavy atom. The number of nitrogens with one attached hydrogen (secondary N) is 1. The second kappa shape index (κ2) is 7.16. The van der Waals surface area contributed by atoms with Crippen LogP contribution in [0.4, 0.5) is 0 Å². The fourth-order valence-corrected chi connectivity index (χ4v) is 1.97. The molecule has 0 unspecified atom stereocenters. The molecule has 0 atom stereocenters. The second-order valence-electron chi connectivity index (χ2n) is 4.06. The van der Waals surface area contributed by atoms with Crippen molar-refractivity contribution in [2.75, 3.05) is 6.54 Å². The van der Waals surface area contributed by atoms with Gasteiger partial charge in [-0.2, -0.15) is 0 Å². The maximum atomic E-state index is 5.95. The summed E-state index contributed by atoms with van der Waals surface area (Å²) < 4.78 is 0. The highest BCUT2D eigenvalue weighted by molar-refractivity contribution is 6.42. The highest BCUT2D eigenvalue weighted by Gasteiger charge is 2.03. The summed E-state index contributed by atoms with van der Waals surface area (Å²) in [6.45, 7) is 6.38. The molecule has 16 heavy (non-hydrogen) atoms. The van der Waals surface area contributed by atoms with Crippen molar-refractivity contribution in [1.29, 1.82) is 0 Å². The van der Waals surface area contributed by atoms with Crippen molar-refractivity contribution in [2.24, 2.45) is 5.92 Å². The van der Waals surface area contributed by atoms with Crippen molar-refractivity contribution in [2.45, 2.75) is 33.2 Å². The van der Waals surface area contributed by atoms with Crippen LogP contribution in [-0.4, -0.2) is 6.54 Å². The molecule has 1 N–H and O–H groups in total. The van der Waals surface area contributed by atoms with Gasteiger partial charge < -0.3 is 5.32 Å². The van der Waals surface area contributed by atoms with E-state index < -0.39 is 0 Å². The van der Waals surface area contributed by atoms with Gasteiger partial charge in [0.2, 0.25) is 0 Å². The zero-order valence-electron chi connectivity index (χ0n) is 9.89. The molecule has 0 radical (unpaired) electrons. The van der Waals surface area contributed by atoms with E-state index in [9.17, 15) is 0 Å². The molecule has 0 aliphatic rings. The van der Waals surface area contributed by atoms with Gasteiger partial charge in [0.05, 0.1) is 10.0 Å². The predicted octanol–water partition coefficient (Wildman–Crippen LogP) is 4.52. The lowest BCUT2D eigenvalue weighted by Gasteiger charge is -2.13. The predicted molar refractivity (Wildman–Crippen MR) is 72.2 cm³/mol. The first-order valence-corrected chi connectivity index (χ1v) is 6.57. The van der Waals surface area contributed by atoms with E-state index in [2.05, 4.69) is 19.2 Å². The number of hydrogen-bond donors (Lipinski definition) is 1. The van der Waals surface area contributed by atoms with Crippen molar-refractivity contribution >= 4 is 23.2 Å². The molecular formula is C13H19Cl2N. The highest BCUT2D eigenvalue weighted by Crippen LogP contribution is 2.22. The van der Waals surface area contributed by atoms with Crippen LogP contribution in [0.2, 0.25) is 10.0 Å². The lowest BCUT2D eigenvalue weighted by molar-refractivity contribution is 0.449. The van der Waals surface area contributed by atoms with E-state index in [0.29, 0.717) is 10.0 Å². The Labute approximate surface area is 108 Å². The van der Waals surface area contributed by atoms with Gasteiger partial charge in [-0.3, -0.25) is 0 Å². The van der Waals surface area contributed by atoms with Crippen molar-refractivity contribution < 1.29 is 0 Å². The standard InChI is InChI=1S/C13H19Cl2N/c1-3-10(4-2)8-16-9-11-5-6-12(14)13(15)7-11/h5-7,10,16H,3-4,8-9H2,1-2H3. The van der Waals surface area contributed by atoms with Gasteiger partial charge in [0.25, 0.3) is 0 Å². The first-order chi connectivity index (χ1) is 7.67. The summed E-state index contributed by atoms with van der Waals surface area (Å²) in [5.41, 5.74) is 1.18. The molecule has 1 aromatic carbocycles. The van der Waals surface area contributed by atoms with Crippen LogP contribution in [0, 0.1) is 5.92 Å². The first kappa shape index (κ1) is 13.8. The Morgan fingerprint density at radius 3 is 2.38 bits per heavy atom. The first-order valence-electron chi connectivity index (χ1n) is 5.82.